The predicted octanol–water partition coefficient (Wildman–Crippen LogP) is 2.88. The molecule has 1 N–H and O–H groups in total. The van der Waals surface area contributed by atoms with E-state index in [1.54, 1.807) is 10.9 Å². The Morgan fingerprint density at radius 1 is 1.50 bits per heavy atom. The summed E-state index contributed by atoms with van der Waals surface area (Å²) < 4.78 is 1.79. The number of carbonyl (C=O) groups is 1. The highest BCUT2D eigenvalue weighted by Gasteiger charge is 2.19. The number of carbonyl (C=O) groups excluding carboxylic acids is 1. The average molecular weight is 292 g/mol. The van der Waals surface area contributed by atoms with Crippen LogP contribution in [0, 0.1) is 0 Å². The van der Waals surface area contributed by atoms with Crippen molar-refractivity contribution < 1.29 is 4.79 Å². The van der Waals surface area contributed by atoms with Gasteiger partial charge in [0.2, 0.25) is 0 Å². The summed E-state index contributed by atoms with van der Waals surface area (Å²) in [7, 11) is 1.88. The van der Waals surface area contributed by atoms with Crippen molar-refractivity contribution in [1.82, 2.24) is 20.1 Å². The maximum absolute atomic E-state index is 12.3. The third-order valence-corrected chi connectivity index (χ3v) is 4.32. The smallest absolute Gasteiger partial charge is 0.271 e. The Balaban J connectivity index is 2.11. The molecule has 0 aliphatic rings. The second kappa shape index (κ2) is 6.17. The van der Waals surface area contributed by atoms with Gasteiger partial charge >= 0.3 is 0 Å². The number of amides is 1. The summed E-state index contributed by atoms with van der Waals surface area (Å²) in [6, 6.07) is 1.88. The molecule has 0 bridgehead atoms. The summed E-state index contributed by atoms with van der Waals surface area (Å²) in [6.45, 7) is 6.19. The zero-order chi connectivity index (χ0) is 14.7. The molecule has 2 heterocycles. The number of rotatable bonds is 5. The van der Waals surface area contributed by atoms with E-state index in [-0.39, 0.29) is 11.9 Å². The topological polar surface area (TPSA) is 59.8 Å². The van der Waals surface area contributed by atoms with E-state index in [0.717, 1.165) is 17.1 Å². The fraction of sp³-hybridized carbons (Fsp3) is 0.500. The van der Waals surface area contributed by atoms with E-state index in [2.05, 4.69) is 29.2 Å². The molecule has 2 aromatic heterocycles. The van der Waals surface area contributed by atoms with Gasteiger partial charge in [0, 0.05) is 24.5 Å². The lowest BCUT2D eigenvalue weighted by Crippen LogP contribution is -2.29. The van der Waals surface area contributed by atoms with Crippen LogP contribution in [0.4, 0.5) is 0 Å². The van der Waals surface area contributed by atoms with Gasteiger partial charge in [-0.25, -0.2) is 4.98 Å². The summed E-state index contributed by atoms with van der Waals surface area (Å²) in [4.78, 5) is 16.6. The van der Waals surface area contributed by atoms with Crippen LogP contribution in [-0.4, -0.2) is 20.7 Å². The number of nitrogens with zero attached hydrogens (tertiary/aromatic N) is 3. The molecule has 5 nitrogen and oxygen atoms in total. The van der Waals surface area contributed by atoms with Crippen LogP contribution < -0.4 is 5.32 Å². The van der Waals surface area contributed by atoms with Gasteiger partial charge in [0.25, 0.3) is 5.91 Å². The van der Waals surface area contributed by atoms with E-state index < -0.39 is 0 Å². The first-order chi connectivity index (χ1) is 9.52. The van der Waals surface area contributed by atoms with Crippen molar-refractivity contribution in [3.63, 3.8) is 0 Å². The zero-order valence-electron chi connectivity index (χ0n) is 12.3. The molecule has 1 atom stereocenters. The van der Waals surface area contributed by atoms with E-state index in [1.807, 2.05) is 25.4 Å². The number of aryl methyl sites for hydroxylation is 1. The third-order valence-electron chi connectivity index (χ3n) is 3.18. The average Bonchev–Trinajstić information content (AvgIpc) is 3.04. The van der Waals surface area contributed by atoms with Crippen LogP contribution in [0.5, 0.6) is 0 Å². The number of nitrogens with one attached hydrogen (secondary N) is 1. The first kappa shape index (κ1) is 14.7. The Hall–Kier alpha value is -1.69. The van der Waals surface area contributed by atoms with Gasteiger partial charge in [0.05, 0.1) is 16.7 Å². The number of hydrogen-bond acceptors (Lipinski definition) is 4. The van der Waals surface area contributed by atoms with E-state index in [4.69, 9.17) is 0 Å². The van der Waals surface area contributed by atoms with Gasteiger partial charge in [0.15, 0.2) is 0 Å². The van der Waals surface area contributed by atoms with Crippen molar-refractivity contribution in [3.05, 3.63) is 34.0 Å². The van der Waals surface area contributed by atoms with Crippen molar-refractivity contribution in [2.24, 2.45) is 7.05 Å². The molecular weight excluding hydrogens is 272 g/mol. The second-order valence-corrected chi connectivity index (χ2v) is 5.93. The maximum Gasteiger partial charge on any atom is 0.271 e. The molecule has 20 heavy (non-hydrogen) atoms. The molecule has 108 valence electrons. The lowest BCUT2D eigenvalue weighted by molar-refractivity contribution is 0.0929. The SMILES string of the molecule is CC[C@H](NC(=O)c1csc(C(C)C)n1)c1ccnn1C. The molecule has 0 radical (unpaired) electrons. The van der Waals surface area contributed by atoms with Gasteiger partial charge in [-0.05, 0) is 12.5 Å². The summed E-state index contributed by atoms with van der Waals surface area (Å²) in [5, 5.41) is 9.98. The van der Waals surface area contributed by atoms with E-state index in [0.29, 0.717) is 11.6 Å². The molecule has 2 aromatic rings. The lowest BCUT2D eigenvalue weighted by atomic mass is 10.1. The quantitative estimate of drug-likeness (QED) is 0.921. The molecular formula is C14H20N4OS. The fourth-order valence-electron chi connectivity index (χ4n) is 2.00. The minimum Gasteiger partial charge on any atom is -0.342 e. The van der Waals surface area contributed by atoms with Gasteiger partial charge in [-0.15, -0.1) is 11.3 Å². The second-order valence-electron chi connectivity index (χ2n) is 5.04. The number of hydrogen-bond donors (Lipinski definition) is 1. The highest BCUT2D eigenvalue weighted by atomic mass is 32.1. The molecule has 0 saturated heterocycles. The van der Waals surface area contributed by atoms with Crippen molar-refractivity contribution in [2.75, 3.05) is 0 Å². The molecule has 0 aliphatic carbocycles. The summed E-state index contributed by atoms with van der Waals surface area (Å²) in [5.41, 5.74) is 1.50. The highest BCUT2D eigenvalue weighted by Crippen LogP contribution is 2.20. The molecule has 0 unspecified atom stereocenters. The van der Waals surface area contributed by atoms with E-state index in [9.17, 15) is 4.79 Å². The van der Waals surface area contributed by atoms with Gasteiger partial charge < -0.3 is 5.32 Å². The Morgan fingerprint density at radius 3 is 2.75 bits per heavy atom. The van der Waals surface area contributed by atoms with Gasteiger partial charge in [-0.2, -0.15) is 5.10 Å². The standard InChI is InChI=1S/C14H20N4OS/c1-5-10(12-6-7-15-18(12)4)16-13(19)11-8-20-14(17-11)9(2)3/h6-10H,5H2,1-4H3,(H,16,19)/t10-/m0/s1. The number of aromatic nitrogens is 3. The van der Waals surface area contributed by atoms with Crippen LogP contribution in [0.1, 0.15) is 60.3 Å². The Kier molecular flexibility index (Phi) is 4.54. The highest BCUT2D eigenvalue weighted by molar-refractivity contribution is 7.09. The zero-order valence-corrected chi connectivity index (χ0v) is 13.1. The molecule has 0 fully saturated rings. The van der Waals surface area contributed by atoms with Crippen LogP contribution in [0.3, 0.4) is 0 Å². The fourth-order valence-corrected chi connectivity index (χ4v) is 2.82. The summed E-state index contributed by atoms with van der Waals surface area (Å²) >= 11 is 1.53. The molecule has 2 rings (SSSR count). The van der Waals surface area contributed by atoms with Crippen LogP contribution in [0.15, 0.2) is 17.6 Å². The minimum atomic E-state index is -0.124. The maximum atomic E-state index is 12.3. The van der Waals surface area contributed by atoms with Crippen molar-refractivity contribution >= 4 is 17.2 Å². The molecule has 0 saturated carbocycles. The monoisotopic (exact) mass is 292 g/mol. The molecule has 0 aromatic carbocycles. The normalized spacial score (nSPS) is 12.7. The Bertz CT molecular complexity index is 588. The van der Waals surface area contributed by atoms with Gasteiger partial charge in [-0.3, -0.25) is 9.48 Å². The molecule has 1 amide bonds. The van der Waals surface area contributed by atoms with Crippen LogP contribution >= 0.6 is 11.3 Å². The Morgan fingerprint density at radius 2 is 2.25 bits per heavy atom. The predicted molar refractivity (Wildman–Crippen MR) is 79.9 cm³/mol. The first-order valence-corrected chi connectivity index (χ1v) is 7.65. The third kappa shape index (κ3) is 3.07. The minimum absolute atomic E-state index is 0.0424. The largest absolute Gasteiger partial charge is 0.342 e. The van der Waals surface area contributed by atoms with E-state index in [1.165, 1.54) is 11.3 Å². The van der Waals surface area contributed by atoms with Crippen LogP contribution in [0.25, 0.3) is 0 Å². The van der Waals surface area contributed by atoms with Gasteiger partial charge in [-0.1, -0.05) is 20.8 Å². The first-order valence-electron chi connectivity index (χ1n) is 6.77. The van der Waals surface area contributed by atoms with Gasteiger partial charge in [0.1, 0.15) is 5.69 Å². The van der Waals surface area contributed by atoms with Crippen LogP contribution in [-0.2, 0) is 7.05 Å². The lowest BCUT2D eigenvalue weighted by Gasteiger charge is -2.16. The van der Waals surface area contributed by atoms with Crippen LogP contribution in [0.2, 0.25) is 0 Å². The molecule has 0 aliphatic heterocycles. The van der Waals surface area contributed by atoms with Crippen molar-refractivity contribution in [3.8, 4) is 0 Å². The summed E-state index contributed by atoms with van der Waals surface area (Å²) in [6.07, 6.45) is 2.55. The summed E-state index contributed by atoms with van der Waals surface area (Å²) in [5.74, 6) is 0.224. The molecule has 6 heteroatoms. The van der Waals surface area contributed by atoms with E-state index >= 15 is 0 Å². The van der Waals surface area contributed by atoms with Crippen molar-refractivity contribution in [2.45, 2.75) is 39.2 Å². The van der Waals surface area contributed by atoms with Crippen molar-refractivity contribution in [1.29, 1.82) is 0 Å². The number of thiazole rings is 1. The molecule has 0 spiro atoms. The Labute approximate surface area is 123 Å².